The third-order valence-corrected chi connectivity index (χ3v) is 7.27. The van der Waals surface area contributed by atoms with Gasteiger partial charge in [-0.1, -0.05) is 36.4 Å². The van der Waals surface area contributed by atoms with Gasteiger partial charge in [-0.25, -0.2) is 4.79 Å². The predicted octanol–water partition coefficient (Wildman–Crippen LogP) is 4.53. The minimum Gasteiger partial charge on any atom is -0.465 e. The maximum absolute atomic E-state index is 13.3. The Morgan fingerprint density at radius 1 is 1.03 bits per heavy atom. The zero-order valence-corrected chi connectivity index (χ0v) is 18.6. The summed E-state index contributed by atoms with van der Waals surface area (Å²) < 4.78 is 5.03. The molecule has 3 aromatic rings. The number of rotatable bonds is 7. The number of benzene rings is 1. The topological polar surface area (TPSA) is 84.5 Å². The van der Waals surface area contributed by atoms with Crippen LogP contribution in [0.2, 0.25) is 0 Å². The fraction of sp³-hybridized carbons (Fsp3) is 0.261. The Hall–Kier alpha value is -2.97. The average Bonchev–Trinajstić information content (AvgIpc) is 3.46. The highest BCUT2D eigenvalue weighted by molar-refractivity contribution is 7.16. The molecule has 0 spiro atoms. The summed E-state index contributed by atoms with van der Waals surface area (Å²) in [6, 6.07) is 12.3. The molecule has 0 bridgehead atoms. The molecule has 1 amide bonds. The van der Waals surface area contributed by atoms with E-state index < -0.39 is 12.1 Å². The van der Waals surface area contributed by atoms with Crippen LogP contribution < -0.4 is 10.6 Å². The minimum atomic E-state index is -1.03. The highest BCUT2D eigenvalue weighted by Crippen LogP contribution is 2.39. The third-order valence-electron chi connectivity index (χ3n) is 5.18. The molecule has 0 saturated heterocycles. The van der Waals surface area contributed by atoms with Crippen LogP contribution in [0.25, 0.3) is 0 Å². The summed E-state index contributed by atoms with van der Waals surface area (Å²) in [5.41, 5.74) is 1.92. The number of hydrogen-bond donors (Lipinski definition) is 2. The van der Waals surface area contributed by atoms with E-state index in [4.69, 9.17) is 4.74 Å². The predicted molar refractivity (Wildman–Crippen MR) is 122 cm³/mol. The monoisotopic (exact) mass is 454 g/mol. The molecule has 2 N–H and O–H groups in total. The number of carbonyl (C=O) groups excluding carboxylic acids is 3. The van der Waals surface area contributed by atoms with Gasteiger partial charge in [0.1, 0.15) is 5.00 Å². The van der Waals surface area contributed by atoms with Crippen molar-refractivity contribution in [2.75, 3.05) is 12.4 Å². The molecule has 2 aromatic heterocycles. The van der Waals surface area contributed by atoms with Gasteiger partial charge in [-0.05, 0) is 42.7 Å². The van der Waals surface area contributed by atoms with Crippen molar-refractivity contribution in [3.63, 3.8) is 0 Å². The summed E-state index contributed by atoms with van der Waals surface area (Å²) in [4.78, 5) is 40.2. The molecule has 31 heavy (non-hydrogen) atoms. The first kappa shape index (κ1) is 21.3. The quantitative estimate of drug-likeness (QED) is 0.311. The smallest absolute Gasteiger partial charge is 0.341 e. The van der Waals surface area contributed by atoms with Gasteiger partial charge in [-0.2, -0.15) is 0 Å². The van der Waals surface area contributed by atoms with Crippen LogP contribution in [0.3, 0.4) is 0 Å². The second-order valence-corrected chi connectivity index (χ2v) is 9.22. The lowest BCUT2D eigenvalue weighted by atomic mass is 9.95. The Bertz CT molecular complexity index is 1090. The summed E-state index contributed by atoms with van der Waals surface area (Å²) in [7, 11) is 1.35. The van der Waals surface area contributed by atoms with Gasteiger partial charge in [-0.3, -0.25) is 9.59 Å². The average molecular weight is 455 g/mol. The first-order valence-corrected chi connectivity index (χ1v) is 11.7. The number of aryl methyl sites for hydroxylation is 1. The zero-order chi connectivity index (χ0) is 21.8. The fourth-order valence-electron chi connectivity index (χ4n) is 3.66. The molecule has 0 aliphatic heterocycles. The lowest BCUT2D eigenvalue weighted by molar-refractivity contribution is 0.0600. The number of anilines is 1. The van der Waals surface area contributed by atoms with E-state index in [2.05, 4.69) is 10.6 Å². The number of ether oxygens (including phenoxy) is 1. The van der Waals surface area contributed by atoms with Crippen LogP contribution in [0.5, 0.6) is 0 Å². The second kappa shape index (κ2) is 9.45. The lowest BCUT2D eigenvalue weighted by Crippen LogP contribution is -2.46. The van der Waals surface area contributed by atoms with Crippen molar-refractivity contribution in [2.24, 2.45) is 0 Å². The third kappa shape index (κ3) is 4.55. The molecule has 1 aliphatic rings. The molecule has 1 atom stereocenters. The van der Waals surface area contributed by atoms with E-state index in [0.29, 0.717) is 21.0 Å². The number of esters is 1. The normalized spacial score (nSPS) is 13.7. The van der Waals surface area contributed by atoms with E-state index in [1.807, 2.05) is 6.07 Å². The van der Waals surface area contributed by atoms with Crippen molar-refractivity contribution >= 4 is 45.3 Å². The van der Waals surface area contributed by atoms with Crippen molar-refractivity contribution in [2.45, 2.75) is 31.8 Å². The standard InChI is InChI=1S/C23H22N2O4S2/c1-29-23(28)18-15-10-5-6-11-16(15)31-22(18)25-20(19(26)14-8-3-2-4-9-14)24-21(27)17-12-7-13-30-17/h2-4,7-9,12-13,20,25H,5-6,10-11H2,1H3,(H,24,27). The molecule has 1 aliphatic carbocycles. The number of amides is 1. The number of hydrogen-bond acceptors (Lipinski definition) is 7. The Morgan fingerprint density at radius 2 is 1.81 bits per heavy atom. The van der Waals surface area contributed by atoms with E-state index in [1.165, 1.54) is 29.8 Å². The molecule has 0 fully saturated rings. The molecular weight excluding hydrogens is 432 g/mol. The number of methoxy groups -OCH3 is 1. The van der Waals surface area contributed by atoms with Crippen LogP contribution in [-0.2, 0) is 17.6 Å². The summed E-state index contributed by atoms with van der Waals surface area (Å²) in [6.45, 7) is 0. The van der Waals surface area contributed by atoms with Gasteiger partial charge >= 0.3 is 5.97 Å². The van der Waals surface area contributed by atoms with Crippen LogP contribution in [0.1, 0.15) is 53.7 Å². The van der Waals surface area contributed by atoms with Gasteiger partial charge in [0.2, 0.25) is 5.78 Å². The SMILES string of the molecule is COC(=O)c1c(NC(NC(=O)c2cccs2)C(=O)c2ccccc2)sc2c1CCCC2. The van der Waals surface area contributed by atoms with Crippen LogP contribution in [0.4, 0.5) is 5.00 Å². The first-order valence-electron chi connectivity index (χ1n) is 10.0. The number of nitrogens with one attached hydrogen (secondary N) is 2. The molecule has 160 valence electrons. The summed E-state index contributed by atoms with van der Waals surface area (Å²) >= 11 is 2.76. The summed E-state index contributed by atoms with van der Waals surface area (Å²) in [6.07, 6.45) is 2.74. The Morgan fingerprint density at radius 3 is 2.52 bits per heavy atom. The Balaban J connectivity index is 1.69. The van der Waals surface area contributed by atoms with E-state index in [-0.39, 0.29) is 11.7 Å². The van der Waals surface area contributed by atoms with Crippen molar-refractivity contribution in [3.05, 3.63) is 74.3 Å². The van der Waals surface area contributed by atoms with Crippen LogP contribution in [0.15, 0.2) is 47.8 Å². The highest BCUT2D eigenvalue weighted by Gasteiger charge is 2.30. The number of fused-ring (bicyclic) bond motifs is 1. The first-order chi connectivity index (χ1) is 15.1. The van der Waals surface area contributed by atoms with E-state index in [0.717, 1.165) is 36.1 Å². The van der Waals surface area contributed by atoms with E-state index in [9.17, 15) is 14.4 Å². The molecular formula is C23H22N2O4S2. The van der Waals surface area contributed by atoms with Crippen molar-refractivity contribution in [1.82, 2.24) is 5.32 Å². The largest absolute Gasteiger partial charge is 0.465 e. The van der Waals surface area contributed by atoms with Crippen molar-refractivity contribution < 1.29 is 19.1 Å². The van der Waals surface area contributed by atoms with Crippen LogP contribution in [-0.4, -0.2) is 30.9 Å². The minimum absolute atomic E-state index is 0.285. The van der Waals surface area contributed by atoms with Crippen LogP contribution >= 0.6 is 22.7 Å². The molecule has 1 unspecified atom stereocenters. The summed E-state index contributed by atoms with van der Waals surface area (Å²) in [5, 5.41) is 8.31. The van der Waals surface area contributed by atoms with Gasteiger partial charge in [0.15, 0.2) is 6.17 Å². The summed E-state index contributed by atoms with van der Waals surface area (Å²) in [5.74, 6) is -1.07. The number of Topliss-reactive ketones (excluding diaryl/α,β-unsaturated/α-hetero) is 1. The number of thiophene rings is 2. The van der Waals surface area contributed by atoms with Gasteiger partial charge in [0.25, 0.3) is 5.91 Å². The highest BCUT2D eigenvalue weighted by atomic mass is 32.1. The maximum atomic E-state index is 13.3. The van der Waals surface area contributed by atoms with Crippen molar-refractivity contribution in [3.8, 4) is 0 Å². The van der Waals surface area contributed by atoms with E-state index >= 15 is 0 Å². The van der Waals surface area contributed by atoms with Gasteiger partial charge < -0.3 is 15.4 Å². The molecule has 6 nitrogen and oxygen atoms in total. The van der Waals surface area contributed by atoms with Gasteiger partial charge in [-0.15, -0.1) is 22.7 Å². The second-order valence-electron chi connectivity index (χ2n) is 7.16. The lowest BCUT2D eigenvalue weighted by Gasteiger charge is -2.20. The molecule has 0 saturated carbocycles. The molecule has 2 heterocycles. The number of carbonyl (C=O) groups is 3. The molecule has 0 radical (unpaired) electrons. The molecule has 1 aromatic carbocycles. The van der Waals surface area contributed by atoms with Crippen molar-refractivity contribution in [1.29, 1.82) is 0 Å². The maximum Gasteiger partial charge on any atom is 0.341 e. The number of ketones is 1. The zero-order valence-electron chi connectivity index (χ0n) is 17.0. The Labute approximate surface area is 188 Å². The van der Waals surface area contributed by atoms with Crippen LogP contribution in [0, 0.1) is 0 Å². The molecule has 8 heteroatoms. The fourth-order valence-corrected chi connectivity index (χ4v) is 5.60. The molecule has 4 rings (SSSR count). The van der Waals surface area contributed by atoms with Gasteiger partial charge in [0, 0.05) is 10.4 Å². The Kier molecular flexibility index (Phi) is 6.48. The van der Waals surface area contributed by atoms with Gasteiger partial charge in [0.05, 0.1) is 17.6 Å². The van der Waals surface area contributed by atoms with E-state index in [1.54, 1.807) is 41.8 Å².